The van der Waals surface area contributed by atoms with Crippen LogP contribution in [0, 0.1) is 6.92 Å². The second-order valence-electron chi connectivity index (χ2n) is 1.91. The first-order valence-corrected chi connectivity index (χ1v) is 5.24. The lowest BCUT2D eigenvalue weighted by atomic mass is 10.5. The molecule has 1 aromatic heterocycles. The summed E-state index contributed by atoms with van der Waals surface area (Å²) in [5, 5.41) is 0.877. The van der Waals surface area contributed by atoms with Crippen molar-refractivity contribution in [2.45, 2.75) is 32.9 Å². The van der Waals surface area contributed by atoms with Crippen LogP contribution in [0.5, 0.6) is 0 Å². The van der Waals surface area contributed by atoms with Gasteiger partial charge in [0.15, 0.2) is 5.16 Å². The first kappa shape index (κ1) is 11.4. The van der Waals surface area contributed by atoms with Gasteiger partial charge in [0.2, 0.25) is 0 Å². The predicted octanol–water partition coefficient (Wildman–Crippen LogP) is 2.92. The summed E-state index contributed by atoms with van der Waals surface area (Å²) in [5.74, 6) is 1.03. The zero-order valence-corrected chi connectivity index (χ0v) is 8.98. The lowest BCUT2D eigenvalue weighted by Gasteiger charge is -1.95. The van der Waals surface area contributed by atoms with Gasteiger partial charge in [0, 0.05) is 11.9 Å². The summed E-state index contributed by atoms with van der Waals surface area (Å²) in [6.07, 6.45) is 1.79. The highest BCUT2D eigenvalue weighted by Crippen LogP contribution is 2.10. The van der Waals surface area contributed by atoms with Crippen LogP contribution in [0.2, 0.25) is 0 Å². The maximum absolute atomic E-state index is 4.21. The molecule has 0 radical (unpaired) electrons. The number of rotatable bonds is 2. The van der Waals surface area contributed by atoms with Crippen LogP contribution in [0.25, 0.3) is 0 Å². The van der Waals surface area contributed by atoms with E-state index >= 15 is 0 Å². The minimum Gasteiger partial charge on any atom is -0.231 e. The second kappa shape index (κ2) is 7.10. The van der Waals surface area contributed by atoms with Crippen molar-refractivity contribution in [3.05, 3.63) is 18.0 Å². The van der Waals surface area contributed by atoms with Gasteiger partial charge >= 0.3 is 0 Å². The fourth-order valence-electron chi connectivity index (χ4n) is 0.625. The van der Waals surface area contributed by atoms with Gasteiger partial charge in [0.25, 0.3) is 0 Å². The molecule has 0 aliphatic rings. The zero-order valence-electron chi connectivity index (χ0n) is 8.16. The highest BCUT2D eigenvalue weighted by atomic mass is 32.2. The molecule has 12 heavy (non-hydrogen) atoms. The topological polar surface area (TPSA) is 25.8 Å². The molecule has 0 aromatic carbocycles. The highest BCUT2D eigenvalue weighted by Gasteiger charge is 1.92. The van der Waals surface area contributed by atoms with E-state index in [9.17, 15) is 0 Å². The Balaban J connectivity index is 0.000000561. The molecule has 3 heteroatoms. The number of hydrogen-bond acceptors (Lipinski definition) is 3. The van der Waals surface area contributed by atoms with Crippen LogP contribution in [0.3, 0.4) is 0 Å². The smallest absolute Gasteiger partial charge is 0.187 e. The standard InChI is InChI=1S/C7H10N2S.C2H6/c1-3-10-7-8-5-4-6(2)9-7;1-2/h4-5H,3H2,1-2H3;1-2H3. The first-order valence-electron chi connectivity index (χ1n) is 4.25. The molecule has 1 heterocycles. The summed E-state index contributed by atoms with van der Waals surface area (Å²) >= 11 is 1.67. The average molecular weight is 184 g/mol. The van der Waals surface area contributed by atoms with E-state index in [0.717, 1.165) is 16.6 Å². The quantitative estimate of drug-likeness (QED) is 0.522. The summed E-state index contributed by atoms with van der Waals surface area (Å²) in [4.78, 5) is 8.30. The lowest BCUT2D eigenvalue weighted by molar-refractivity contribution is 0.933. The van der Waals surface area contributed by atoms with E-state index in [4.69, 9.17) is 0 Å². The molecule has 0 spiro atoms. The van der Waals surface area contributed by atoms with E-state index in [0.29, 0.717) is 0 Å². The van der Waals surface area contributed by atoms with Gasteiger partial charge in [0.1, 0.15) is 0 Å². The molecule has 0 atom stereocenters. The van der Waals surface area contributed by atoms with Crippen LogP contribution >= 0.6 is 11.8 Å². The Bertz CT molecular complexity index is 213. The van der Waals surface area contributed by atoms with E-state index in [2.05, 4.69) is 16.9 Å². The minimum absolute atomic E-state index is 0.877. The molecule has 0 saturated heterocycles. The molecule has 0 aliphatic carbocycles. The summed E-state index contributed by atoms with van der Waals surface area (Å²) in [6.45, 7) is 8.07. The summed E-state index contributed by atoms with van der Waals surface area (Å²) in [6, 6.07) is 1.90. The van der Waals surface area contributed by atoms with Crippen LogP contribution in [0.4, 0.5) is 0 Å². The van der Waals surface area contributed by atoms with Gasteiger partial charge in [-0.1, -0.05) is 32.5 Å². The fraction of sp³-hybridized carbons (Fsp3) is 0.556. The lowest BCUT2D eigenvalue weighted by Crippen LogP contribution is -1.87. The molecule has 0 bridgehead atoms. The van der Waals surface area contributed by atoms with Crippen LogP contribution in [-0.2, 0) is 0 Å². The van der Waals surface area contributed by atoms with Crippen LogP contribution in [0.15, 0.2) is 17.4 Å². The molecule has 0 fully saturated rings. The Morgan fingerprint density at radius 1 is 1.42 bits per heavy atom. The van der Waals surface area contributed by atoms with Gasteiger partial charge in [-0.15, -0.1) is 0 Å². The third kappa shape index (κ3) is 4.34. The molecular weight excluding hydrogens is 168 g/mol. The number of nitrogens with zero attached hydrogens (tertiary/aromatic N) is 2. The molecular formula is C9H16N2S. The minimum atomic E-state index is 0.877. The SMILES string of the molecule is CC.CCSc1nccc(C)n1. The zero-order chi connectivity index (χ0) is 9.40. The maximum Gasteiger partial charge on any atom is 0.187 e. The Kier molecular flexibility index (Phi) is 6.76. The Hall–Kier alpha value is -0.570. The van der Waals surface area contributed by atoms with Crippen molar-refractivity contribution >= 4 is 11.8 Å². The van der Waals surface area contributed by atoms with Crippen molar-refractivity contribution < 1.29 is 0 Å². The molecule has 68 valence electrons. The van der Waals surface area contributed by atoms with E-state index in [1.165, 1.54) is 0 Å². The summed E-state index contributed by atoms with van der Waals surface area (Å²) in [5.41, 5.74) is 1.03. The van der Waals surface area contributed by atoms with Crippen molar-refractivity contribution in [1.82, 2.24) is 9.97 Å². The monoisotopic (exact) mass is 184 g/mol. The van der Waals surface area contributed by atoms with Crippen LogP contribution in [-0.4, -0.2) is 15.7 Å². The Labute approximate surface area is 78.8 Å². The largest absolute Gasteiger partial charge is 0.231 e. The second-order valence-corrected chi connectivity index (χ2v) is 3.14. The number of hydrogen-bond donors (Lipinski definition) is 0. The fourth-order valence-corrected chi connectivity index (χ4v) is 1.23. The van der Waals surface area contributed by atoms with E-state index in [-0.39, 0.29) is 0 Å². The van der Waals surface area contributed by atoms with Gasteiger partial charge in [-0.2, -0.15) is 0 Å². The highest BCUT2D eigenvalue weighted by molar-refractivity contribution is 7.99. The van der Waals surface area contributed by atoms with Gasteiger partial charge in [-0.05, 0) is 18.7 Å². The van der Waals surface area contributed by atoms with Gasteiger partial charge in [-0.3, -0.25) is 0 Å². The molecule has 0 amide bonds. The number of thioether (sulfide) groups is 1. The Morgan fingerprint density at radius 3 is 2.58 bits per heavy atom. The molecule has 1 aromatic rings. The molecule has 0 aliphatic heterocycles. The van der Waals surface area contributed by atoms with E-state index in [1.54, 1.807) is 18.0 Å². The first-order chi connectivity index (χ1) is 5.83. The summed E-state index contributed by atoms with van der Waals surface area (Å²) in [7, 11) is 0. The molecule has 1 rings (SSSR count). The van der Waals surface area contributed by atoms with E-state index in [1.807, 2.05) is 26.8 Å². The molecule has 0 unspecified atom stereocenters. The third-order valence-electron chi connectivity index (χ3n) is 1.05. The summed E-state index contributed by atoms with van der Waals surface area (Å²) < 4.78 is 0. The third-order valence-corrected chi connectivity index (χ3v) is 1.79. The Morgan fingerprint density at radius 2 is 2.08 bits per heavy atom. The number of aromatic nitrogens is 2. The van der Waals surface area contributed by atoms with Gasteiger partial charge in [-0.25, -0.2) is 9.97 Å². The number of aryl methyl sites for hydroxylation is 1. The molecule has 2 nitrogen and oxygen atoms in total. The van der Waals surface area contributed by atoms with Crippen molar-refractivity contribution in [1.29, 1.82) is 0 Å². The molecule has 0 N–H and O–H groups in total. The van der Waals surface area contributed by atoms with Gasteiger partial charge in [0.05, 0.1) is 0 Å². The maximum atomic E-state index is 4.21. The average Bonchev–Trinajstić information content (AvgIpc) is 2.09. The van der Waals surface area contributed by atoms with Crippen molar-refractivity contribution in [2.24, 2.45) is 0 Å². The predicted molar refractivity (Wildman–Crippen MR) is 54.5 cm³/mol. The van der Waals surface area contributed by atoms with Crippen molar-refractivity contribution in [2.75, 3.05) is 5.75 Å². The van der Waals surface area contributed by atoms with Crippen molar-refractivity contribution in [3.63, 3.8) is 0 Å². The van der Waals surface area contributed by atoms with Crippen molar-refractivity contribution in [3.8, 4) is 0 Å². The van der Waals surface area contributed by atoms with Crippen LogP contribution < -0.4 is 0 Å². The van der Waals surface area contributed by atoms with Gasteiger partial charge < -0.3 is 0 Å². The van der Waals surface area contributed by atoms with E-state index < -0.39 is 0 Å². The van der Waals surface area contributed by atoms with Crippen LogP contribution in [0.1, 0.15) is 26.5 Å². The molecule has 0 saturated carbocycles. The normalized spacial score (nSPS) is 8.67.